The lowest BCUT2D eigenvalue weighted by atomic mass is 9.65. The minimum absolute atomic E-state index is 0.0328. The van der Waals surface area contributed by atoms with Gasteiger partial charge in [0.15, 0.2) is 0 Å². The SMILES string of the molecule is CCCCC1(CCCC)c2ccccc2N(C)c2cc(-c3ccc4c(c3)N(C)c3ccccc3C4(C)C)ccc21. The number of hydrogen-bond donors (Lipinski definition) is 0. The lowest BCUT2D eigenvalue weighted by molar-refractivity contribution is 0.403. The van der Waals surface area contributed by atoms with E-state index in [1.807, 2.05) is 0 Å². The molecule has 2 nitrogen and oxygen atoms in total. The Kier molecular flexibility index (Phi) is 6.77. The molecule has 4 aromatic carbocycles. The second-order valence-electron chi connectivity index (χ2n) is 12.5. The van der Waals surface area contributed by atoms with E-state index in [0.717, 1.165) is 0 Å². The third-order valence-corrected chi connectivity index (χ3v) is 9.87. The highest BCUT2D eigenvalue weighted by Gasteiger charge is 2.41. The zero-order chi connectivity index (χ0) is 28.1. The molecule has 2 aliphatic rings. The van der Waals surface area contributed by atoms with Crippen molar-refractivity contribution in [2.45, 2.75) is 77.0 Å². The van der Waals surface area contributed by atoms with Crippen molar-refractivity contribution in [1.82, 2.24) is 0 Å². The van der Waals surface area contributed by atoms with E-state index in [1.165, 1.54) is 94.7 Å². The fraction of sp³-hybridized carbons (Fsp3) is 0.368. The minimum Gasteiger partial charge on any atom is -0.344 e. The van der Waals surface area contributed by atoms with Crippen LogP contribution in [0.1, 0.15) is 88.5 Å². The summed E-state index contributed by atoms with van der Waals surface area (Å²) >= 11 is 0. The molecule has 206 valence electrons. The van der Waals surface area contributed by atoms with Crippen molar-refractivity contribution in [1.29, 1.82) is 0 Å². The second-order valence-corrected chi connectivity index (χ2v) is 12.5. The van der Waals surface area contributed by atoms with Crippen LogP contribution >= 0.6 is 0 Å². The summed E-state index contributed by atoms with van der Waals surface area (Å²) < 4.78 is 0. The molecule has 0 saturated heterocycles. The maximum atomic E-state index is 2.46. The summed E-state index contributed by atoms with van der Waals surface area (Å²) in [6, 6.07) is 32.4. The van der Waals surface area contributed by atoms with Crippen LogP contribution in [0.3, 0.4) is 0 Å². The Morgan fingerprint density at radius 3 is 1.52 bits per heavy atom. The number of fused-ring (bicyclic) bond motifs is 4. The maximum absolute atomic E-state index is 2.46. The zero-order valence-electron chi connectivity index (χ0n) is 25.2. The highest BCUT2D eigenvalue weighted by molar-refractivity contribution is 5.85. The van der Waals surface area contributed by atoms with Crippen molar-refractivity contribution in [3.8, 4) is 11.1 Å². The predicted octanol–water partition coefficient (Wildman–Crippen LogP) is 10.5. The minimum atomic E-state index is -0.0328. The van der Waals surface area contributed by atoms with Crippen molar-refractivity contribution in [2.75, 3.05) is 23.9 Å². The average Bonchev–Trinajstić information content (AvgIpc) is 2.99. The van der Waals surface area contributed by atoms with Crippen molar-refractivity contribution in [3.05, 3.63) is 107 Å². The van der Waals surface area contributed by atoms with E-state index in [1.54, 1.807) is 0 Å². The normalized spacial score (nSPS) is 16.1. The molecule has 0 fully saturated rings. The summed E-state index contributed by atoms with van der Waals surface area (Å²) in [6.07, 6.45) is 7.36. The standard InChI is InChI=1S/C38H44N2/c1-7-9-23-38(24-10-8-2)31-16-12-14-18-34(31)40(6)36-26-28(20-22-32(36)38)27-19-21-30-35(25-27)39(5)33-17-13-11-15-29(33)37(30,3)4/h11-22,25-26H,7-10,23-24H2,1-6H3. The monoisotopic (exact) mass is 528 g/mol. The number of hydrogen-bond acceptors (Lipinski definition) is 2. The Hall–Kier alpha value is -3.52. The first-order valence-corrected chi connectivity index (χ1v) is 15.3. The van der Waals surface area contributed by atoms with Gasteiger partial charge in [-0.2, -0.15) is 0 Å². The third kappa shape index (κ3) is 3.99. The van der Waals surface area contributed by atoms with Gasteiger partial charge < -0.3 is 9.80 Å². The van der Waals surface area contributed by atoms with Crippen LogP contribution in [0.15, 0.2) is 84.9 Å². The fourth-order valence-corrected chi connectivity index (χ4v) is 7.55. The van der Waals surface area contributed by atoms with E-state index in [-0.39, 0.29) is 10.8 Å². The topological polar surface area (TPSA) is 6.48 Å². The number of rotatable bonds is 7. The van der Waals surface area contributed by atoms with Gasteiger partial charge in [-0.1, -0.05) is 114 Å². The molecule has 6 rings (SSSR count). The summed E-state index contributed by atoms with van der Waals surface area (Å²) in [5.74, 6) is 0. The molecule has 0 bridgehead atoms. The summed E-state index contributed by atoms with van der Waals surface area (Å²) in [5, 5.41) is 0. The molecule has 2 heterocycles. The molecule has 0 aliphatic carbocycles. The second kappa shape index (κ2) is 10.1. The first kappa shape index (κ1) is 26.7. The number of benzene rings is 4. The quantitative estimate of drug-likeness (QED) is 0.235. The first-order chi connectivity index (χ1) is 19.3. The van der Waals surface area contributed by atoms with Crippen LogP contribution in [-0.4, -0.2) is 14.1 Å². The van der Waals surface area contributed by atoms with Crippen LogP contribution in [0, 0.1) is 0 Å². The molecule has 4 aromatic rings. The van der Waals surface area contributed by atoms with Crippen LogP contribution < -0.4 is 9.80 Å². The Morgan fingerprint density at radius 1 is 0.525 bits per heavy atom. The molecular weight excluding hydrogens is 484 g/mol. The molecule has 0 atom stereocenters. The van der Waals surface area contributed by atoms with Crippen LogP contribution in [0.2, 0.25) is 0 Å². The highest BCUT2D eigenvalue weighted by Crippen LogP contribution is 2.54. The zero-order valence-corrected chi connectivity index (χ0v) is 25.2. The molecule has 0 saturated carbocycles. The molecule has 0 unspecified atom stereocenters. The van der Waals surface area contributed by atoms with E-state index < -0.39 is 0 Å². The van der Waals surface area contributed by atoms with Gasteiger partial charge in [-0.3, -0.25) is 0 Å². The van der Waals surface area contributed by atoms with Crippen molar-refractivity contribution < 1.29 is 0 Å². The summed E-state index contributed by atoms with van der Waals surface area (Å²) in [7, 11) is 4.47. The smallest absolute Gasteiger partial charge is 0.0456 e. The Labute approximate surface area is 241 Å². The molecular formula is C38H44N2. The number of para-hydroxylation sites is 2. The van der Waals surface area contributed by atoms with Gasteiger partial charge in [-0.15, -0.1) is 0 Å². The molecule has 0 N–H and O–H groups in total. The Morgan fingerprint density at radius 2 is 0.950 bits per heavy atom. The fourth-order valence-electron chi connectivity index (χ4n) is 7.55. The number of nitrogens with zero attached hydrogens (tertiary/aromatic N) is 2. The Balaban J connectivity index is 1.48. The van der Waals surface area contributed by atoms with Gasteiger partial charge in [0.2, 0.25) is 0 Å². The molecule has 2 heteroatoms. The van der Waals surface area contributed by atoms with Gasteiger partial charge in [-0.05, 0) is 70.5 Å². The number of anilines is 4. The van der Waals surface area contributed by atoms with E-state index >= 15 is 0 Å². The van der Waals surface area contributed by atoms with Crippen LogP contribution in [0.4, 0.5) is 22.7 Å². The first-order valence-electron chi connectivity index (χ1n) is 15.3. The average molecular weight is 529 g/mol. The van der Waals surface area contributed by atoms with E-state index in [4.69, 9.17) is 0 Å². The van der Waals surface area contributed by atoms with Gasteiger partial charge in [0, 0.05) is 47.7 Å². The summed E-state index contributed by atoms with van der Waals surface area (Å²) in [4.78, 5) is 4.81. The lowest BCUT2D eigenvalue weighted by Crippen LogP contribution is -2.36. The predicted molar refractivity (Wildman–Crippen MR) is 173 cm³/mol. The summed E-state index contributed by atoms with van der Waals surface area (Å²) in [5.41, 5.74) is 13.7. The maximum Gasteiger partial charge on any atom is 0.0456 e. The van der Waals surface area contributed by atoms with Gasteiger partial charge in [0.1, 0.15) is 0 Å². The lowest BCUT2D eigenvalue weighted by Gasteiger charge is -2.45. The van der Waals surface area contributed by atoms with Crippen molar-refractivity contribution in [2.24, 2.45) is 0 Å². The van der Waals surface area contributed by atoms with Crippen LogP contribution in [0.5, 0.6) is 0 Å². The number of unbranched alkanes of at least 4 members (excludes halogenated alkanes) is 2. The largest absolute Gasteiger partial charge is 0.344 e. The molecule has 0 amide bonds. The van der Waals surface area contributed by atoms with E-state index in [9.17, 15) is 0 Å². The molecule has 2 aliphatic heterocycles. The molecule has 0 aromatic heterocycles. The van der Waals surface area contributed by atoms with Crippen molar-refractivity contribution >= 4 is 22.7 Å². The van der Waals surface area contributed by atoms with Crippen molar-refractivity contribution in [3.63, 3.8) is 0 Å². The molecule has 40 heavy (non-hydrogen) atoms. The molecule has 0 spiro atoms. The Bertz CT molecular complexity index is 1540. The van der Waals surface area contributed by atoms with Gasteiger partial charge in [0.25, 0.3) is 0 Å². The van der Waals surface area contributed by atoms with Gasteiger partial charge >= 0.3 is 0 Å². The van der Waals surface area contributed by atoms with Gasteiger partial charge in [0.05, 0.1) is 0 Å². The van der Waals surface area contributed by atoms with Gasteiger partial charge in [-0.25, -0.2) is 0 Å². The van der Waals surface area contributed by atoms with E-state index in [0.29, 0.717) is 0 Å². The highest BCUT2D eigenvalue weighted by atomic mass is 15.1. The van der Waals surface area contributed by atoms with Crippen LogP contribution in [0.25, 0.3) is 11.1 Å². The molecule has 0 radical (unpaired) electrons. The van der Waals surface area contributed by atoms with E-state index in [2.05, 4.69) is 137 Å². The van der Waals surface area contributed by atoms with Crippen LogP contribution in [-0.2, 0) is 10.8 Å². The third-order valence-electron chi connectivity index (χ3n) is 9.87. The summed E-state index contributed by atoms with van der Waals surface area (Å²) in [6.45, 7) is 9.36.